The predicted molar refractivity (Wildman–Crippen MR) is 96.5 cm³/mol. The molecule has 0 unspecified atom stereocenters. The van der Waals surface area contributed by atoms with Gasteiger partial charge in [0.2, 0.25) is 0 Å². The van der Waals surface area contributed by atoms with Crippen LogP contribution in [-0.4, -0.2) is 54.7 Å². The lowest BCUT2D eigenvalue weighted by Crippen LogP contribution is -2.41. The van der Waals surface area contributed by atoms with Gasteiger partial charge in [-0.15, -0.1) is 0 Å². The van der Waals surface area contributed by atoms with Crippen LogP contribution >= 0.6 is 0 Å². The van der Waals surface area contributed by atoms with Crippen molar-refractivity contribution in [1.82, 2.24) is 10.2 Å². The first kappa shape index (κ1) is 20.7. The molecule has 2 heterocycles. The summed E-state index contributed by atoms with van der Waals surface area (Å²) in [7, 11) is 0. The number of likely N-dealkylation sites (tertiary alicyclic amines) is 1. The number of rotatable bonds is 4. The van der Waals surface area contributed by atoms with Crippen molar-refractivity contribution in [1.29, 1.82) is 0 Å². The Morgan fingerprint density at radius 2 is 1.81 bits per heavy atom. The van der Waals surface area contributed by atoms with Crippen molar-refractivity contribution in [3.05, 3.63) is 0 Å². The molecule has 26 heavy (non-hydrogen) atoms. The maximum atomic E-state index is 12.0. The van der Waals surface area contributed by atoms with Gasteiger partial charge in [0, 0.05) is 26.1 Å². The van der Waals surface area contributed by atoms with E-state index >= 15 is 0 Å². The van der Waals surface area contributed by atoms with Gasteiger partial charge >= 0.3 is 18.0 Å². The van der Waals surface area contributed by atoms with Crippen LogP contribution < -0.4 is 5.32 Å². The van der Waals surface area contributed by atoms with E-state index in [-0.39, 0.29) is 18.4 Å². The van der Waals surface area contributed by atoms with Gasteiger partial charge in [0.15, 0.2) is 0 Å². The van der Waals surface area contributed by atoms with E-state index in [1.807, 2.05) is 20.8 Å². The summed E-state index contributed by atoms with van der Waals surface area (Å²) >= 11 is 0. The Balaban J connectivity index is 1.64. The van der Waals surface area contributed by atoms with E-state index in [1.165, 1.54) is 0 Å². The van der Waals surface area contributed by atoms with E-state index in [2.05, 4.69) is 5.32 Å². The molecular formula is C19H32N2O5. The van der Waals surface area contributed by atoms with Crippen LogP contribution in [0.2, 0.25) is 0 Å². The lowest BCUT2D eigenvalue weighted by molar-refractivity contribution is -0.163. The number of hydrogen-bond acceptors (Lipinski definition) is 6. The topological polar surface area (TPSA) is 84.9 Å². The van der Waals surface area contributed by atoms with Crippen LogP contribution in [0, 0.1) is 11.8 Å². The minimum Gasteiger partial charge on any atom is -0.444 e. The molecule has 0 bridgehead atoms. The van der Waals surface area contributed by atoms with Crippen LogP contribution in [0.15, 0.2) is 0 Å². The van der Waals surface area contributed by atoms with Crippen molar-refractivity contribution in [2.75, 3.05) is 26.2 Å². The Hall–Kier alpha value is -1.63. The molecule has 1 N–H and O–H groups in total. The quantitative estimate of drug-likeness (QED) is 0.606. The molecule has 1 amide bonds. The van der Waals surface area contributed by atoms with E-state index in [0.717, 1.165) is 32.2 Å². The molecule has 0 aromatic rings. The Morgan fingerprint density at radius 1 is 1.12 bits per heavy atom. The second kappa shape index (κ2) is 9.35. The van der Waals surface area contributed by atoms with E-state index in [4.69, 9.17) is 9.47 Å². The second-order valence-corrected chi connectivity index (χ2v) is 8.29. The highest BCUT2D eigenvalue weighted by molar-refractivity contribution is 5.86. The van der Waals surface area contributed by atoms with E-state index in [1.54, 1.807) is 4.90 Å². The molecule has 0 aromatic heterocycles. The monoisotopic (exact) mass is 368 g/mol. The first-order valence-corrected chi connectivity index (χ1v) is 9.68. The fourth-order valence-corrected chi connectivity index (χ4v) is 3.35. The SMILES string of the molecule is CC(C)(C)OC(=O)N1CCC(CCC(=O)OC(=O)[C@@H]2CCCNC2)CC1. The summed E-state index contributed by atoms with van der Waals surface area (Å²) in [6.07, 6.45) is 4.06. The largest absolute Gasteiger partial charge is 0.444 e. The number of nitrogens with one attached hydrogen (secondary N) is 1. The maximum Gasteiger partial charge on any atom is 0.410 e. The molecule has 7 heteroatoms. The molecule has 2 fully saturated rings. The van der Waals surface area contributed by atoms with Gasteiger partial charge in [0.1, 0.15) is 5.60 Å². The summed E-state index contributed by atoms with van der Waals surface area (Å²) in [4.78, 5) is 37.6. The number of amides is 1. The fraction of sp³-hybridized carbons (Fsp3) is 0.842. The number of carbonyl (C=O) groups excluding carboxylic acids is 3. The van der Waals surface area contributed by atoms with Crippen molar-refractivity contribution >= 4 is 18.0 Å². The number of esters is 2. The summed E-state index contributed by atoms with van der Waals surface area (Å²) < 4.78 is 10.4. The van der Waals surface area contributed by atoms with Gasteiger partial charge in [-0.2, -0.15) is 0 Å². The Labute approximate surface area is 155 Å². The predicted octanol–water partition coefficient (Wildman–Crippen LogP) is 2.48. The molecule has 0 aliphatic carbocycles. The zero-order valence-electron chi connectivity index (χ0n) is 16.2. The Bertz CT molecular complexity index is 501. The van der Waals surface area contributed by atoms with Gasteiger partial charge in [0.25, 0.3) is 0 Å². The lowest BCUT2D eigenvalue weighted by Gasteiger charge is -2.33. The summed E-state index contributed by atoms with van der Waals surface area (Å²) in [5.74, 6) is -0.672. The van der Waals surface area contributed by atoms with Crippen LogP contribution in [0.3, 0.4) is 0 Å². The standard InChI is InChI=1S/C19H32N2O5/c1-19(2,3)26-18(24)21-11-8-14(9-12-21)6-7-16(22)25-17(23)15-5-4-10-20-13-15/h14-15,20H,4-13H2,1-3H3/t15-/m1/s1. The fourth-order valence-electron chi connectivity index (χ4n) is 3.35. The van der Waals surface area contributed by atoms with Gasteiger partial charge in [-0.3, -0.25) is 9.59 Å². The maximum absolute atomic E-state index is 12.0. The van der Waals surface area contributed by atoms with Crippen LogP contribution in [0.4, 0.5) is 4.79 Å². The molecular weight excluding hydrogens is 336 g/mol. The van der Waals surface area contributed by atoms with Gasteiger partial charge in [-0.25, -0.2) is 4.79 Å². The van der Waals surface area contributed by atoms with Crippen LogP contribution in [0.25, 0.3) is 0 Å². The average molecular weight is 368 g/mol. The second-order valence-electron chi connectivity index (χ2n) is 8.29. The lowest BCUT2D eigenvalue weighted by atomic mass is 9.92. The molecule has 0 aromatic carbocycles. The molecule has 2 rings (SSSR count). The van der Waals surface area contributed by atoms with Crippen molar-refractivity contribution in [2.45, 2.75) is 64.9 Å². The highest BCUT2D eigenvalue weighted by atomic mass is 16.6. The van der Waals surface area contributed by atoms with Crippen molar-refractivity contribution in [3.63, 3.8) is 0 Å². The highest BCUT2D eigenvalue weighted by Gasteiger charge is 2.28. The van der Waals surface area contributed by atoms with Gasteiger partial charge in [0.05, 0.1) is 5.92 Å². The zero-order chi connectivity index (χ0) is 19.2. The minimum absolute atomic E-state index is 0.204. The number of piperidine rings is 2. The van der Waals surface area contributed by atoms with Gasteiger partial charge in [-0.1, -0.05) is 0 Å². The number of carbonyl (C=O) groups is 3. The molecule has 2 saturated heterocycles. The normalized spacial score (nSPS) is 22.0. The zero-order valence-corrected chi connectivity index (χ0v) is 16.2. The molecule has 0 radical (unpaired) electrons. The summed E-state index contributed by atoms with van der Waals surface area (Å²) in [6.45, 7) is 8.35. The third-order valence-corrected chi connectivity index (χ3v) is 4.87. The van der Waals surface area contributed by atoms with Crippen molar-refractivity contribution < 1.29 is 23.9 Å². The Morgan fingerprint density at radius 3 is 2.38 bits per heavy atom. The minimum atomic E-state index is -0.488. The smallest absolute Gasteiger partial charge is 0.410 e. The molecule has 7 nitrogen and oxygen atoms in total. The highest BCUT2D eigenvalue weighted by Crippen LogP contribution is 2.24. The number of ether oxygens (including phenoxy) is 2. The summed E-state index contributed by atoms with van der Waals surface area (Å²) in [5.41, 5.74) is -0.488. The molecule has 2 aliphatic heterocycles. The molecule has 0 spiro atoms. The molecule has 0 saturated carbocycles. The number of hydrogen-bond donors (Lipinski definition) is 1. The van der Waals surface area contributed by atoms with Crippen molar-refractivity contribution in [3.8, 4) is 0 Å². The van der Waals surface area contributed by atoms with Crippen LogP contribution in [0.5, 0.6) is 0 Å². The van der Waals surface area contributed by atoms with Gasteiger partial charge < -0.3 is 19.7 Å². The third-order valence-electron chi connectivity index (χ3n) is 4.87. The van der Waals surface area contributed by atoms with Crippen LogP contribution in [-0.2, 0) is 19.1 Å². The molecule has 2 aliphatic rings. The first-order valence-electron chi connectivity index (χ1n) is 9.68. The van der Waals surface area contributed by atoms with Crippen molar-refractivity contribution in [2.24, 2.45) is 11.8 Å². The molecule has 1 atom stereocenters. The van der Waals surface area contributed by atoms with E-state index in [0.29, 0.717) is 32.0 Å². The average Bonchev–Trinajstić information content (AvgIpc) is 2.59. The summed E-state index contributed by atoms with van der Waals surface area (Å²) in [6, 6.07) is 0. The van der Waals surface area contributed by atoms with Crippen LogP contribution in [0.1, 0.15) is 59.3 Å². The summed E-state index contributed by atoms with van der Waals surface area (Å²) in [5, 5.41) is 3.15. The first-order chi connectivity index (χ1) is 12.2. The third kappa shape index (κ3) is 6.94. The van der Waals surface area contributed by atoms with Gasteiger partial charge in [-0.05, 0) is 65.3 Å². The Kier molecular flexibility index (Phi) is 7.43. The molecule has 148 valence electrons. The number of nitrogens with zero attached hydrogens (tertiary/aromatic N) is 1. The van der Waals surface area contributed by atoms with E-state index < -0.39 is 17.5 Å². The van der Waals surface area contributed by atoms with E-state index in [9.17, 15) is 14.4 Å².